The van der Waals surface area contributed by atoms with Crippen LogP contribution in [0.2, 0.25) is 5.02 Å². The first-order chi connectivity index (χ1) is 14.3. The number of hydrogen-bond acceptors (Lipinski definition) is 5. The van der Waals surface area contributed by atoms with Gasteiger partial charge in [-0.1, -0.05) is 23.7 Å². The Bertz CT molecular complexity index is 1230. The lowest BCUT2D eigenvalue weighted by Crippen LogP contribution is -2.35. The van der Waals surface area contributed by atoms with Crippen LogP contribution in [0.5, 0.6) is 0 Å². The van der Waals surface area contributed by atoms with Crippen molar-refractivity contribution in [2.24, 2.45) is 0 Å². The summed E-state index contributed by atoms with van der Waals surface area (Å²) in [5.41, 5.74) is 4.13. The van der Waals surface area contributed by atoms with Crippen molar-refractivity contribution in [2.75, 3.05) is 5.01 Å². The van der Waals surface area contributed by atoms with E-state index in [0.717, 1.165) is 5.56 Å². The summed E-state index contributed by atoms with van der Waals surface area (Å²) < 4.78 is 5.67. The van der Waals surface area contributed by atoms with Crippen LogP contribution in [-0.2, 0) is 9.59 Å². The third-order valence-electron chi connectivity index (χ3n) is 4.49. The van der Waals surface area contributed by atoms with Gasteiger partial charge in [0.2, 0.25) is 0 Å². The summed E-state index contributed by atoms with van der Waals surface area (Å²) in [7, 11) is 0. The number of nitrogens with one attached hydrogen (secondary N) is 1. The minimum atomic E-state index is -0.584. The molecule has 2 aromatic carbocycles. The number of hydrogen-bond donors (Lipinski definition) is 1. The molecule has 1 aromatic heterocycles. The van der Waals surface area contributed by atoms with Gasteiger partial charge in [0, 0.05) is 11.6 Å². The van der Waals surface area contributed by atoms with Crippen molar-refractivity contribution in [2.45, 2.75) is 6.92 Å². The first-order valence-corrected chi connectivity index (χ1v) is 9.19. The molecule has 0 spiro atoms. The van der Waals surface area contributed by atoms with Gasteiger partial charge in [-0.15, -0.1) is 0 Å². The number of amides is 2. The molecule has 0 aliphatic carbocycles. The summed E-state index contributed by atoms with van der Waals surface area (Å²) in [4.78, 5) is 35.5. The molecule has 2 amide bonds. The van der Waals surface area contributed by atoms with Gasteiger partial charge in [0.25, 0.3) is 17.5 Å². The topological polar surface area (TPSA) is 106 Å². The summed E-state index contributed by atoms with van der Waals surface area (Å²) in [6.07, 6.45) is 1.33. The first-order valence-electron chi connectivity index (χ1n) is 8.81. The van der Waals surface area contributed by atoms with Gasteiger partial charge >= 0.3 is 0 Å². The number of carbonyl (C=O) groups is 2. The highest BCUT2D eigenvalue weighted by Gasteiger charge is 2.34. The average molecular weight is 424 g/mol. The molecule has 4 rings (SSSR count). The van der Waals surface area contributed by atoms with Gasteiger partial charge in [-0.25, -0.2) is 5.01 Å². The molecule has 2 heterocycles. The van der Waals surface area contributed by atoms with Gasteiger partial charge in [0.05, 0.1) is 10.6 Å². The number of nitro groups is 1. The van der Waals surface area contributed by atoms with E-state index in [4.69, 9.17) is 16.0 Å². The van der Waals surface area contributed by atoms with Crippen LogP contribution in [0.25, 0.3) is 17.4 Å². The molecular weight excluding hydrogens is 410 g/mol. The molecule has 1 aliphatic rings. The maximum absolute atomic E-state index is 12.7. The third-order valence-corrected chi connectivity index (χ3v) is 4.81. The van der Waals surface area contributed by atoms with Gasteiger partial charge in [-0.05, 0) is 55.0 Å². The fourth-order valence-corrected chi connectivity index (χ4v) is 3.23. The minimum absolute atomic E-state index is 0.0158. The van der Waals surface area contributed by atoms with Gasteiger partial charge in [-0.2, -0.15) is 0 Å². The summed E-state index contributed by atoms with van der Waals surface area (Å²) in [6.45, 7) is 1.88. The number of anilines is 1. The van der Waals surface area contributed by atoms with Gasteiger partial charge in [0.15, 0.2) is 0 Å². The molecular formula is C21H14ClN3O5. The molecule has 0 bridgehead atoms. The Kier molecular flexibility index (Phi) is 4.85. The molecule has 1 fully saturated rings. The summed E-state index contributed by atoms with van der Waals surface area (Å²) in [6, 6.07) is 14.6. The molecule has 8 nitrogen and oxygen atoms in total. The molecule has 3 aromatic rings. The molecule has 0 radical (unpaired) electrons. The summed E-state index contributed by atoms with van der Waals surface area (Å²) in [5, 5.41) is 12.3. The monoisotopic (exact) mass is 423 g/mol. The fraction of sp³-hybridized carbons (Fsp3) is 0.0476. The van der Waals surface area contributed by atoms with Crippen LogP contribution in [-0.4, -0.2) is 16.7 Å². The van der Waals surface area contributed by atoms with Gasteiger partial charge in [0.1, 0.15) is 22.1 Å². The zero-order chi connectivity index (χ0) is 21.4. The maximum Gasteiger partial charge on any atom is 0.288 e. The normalized spacial score (nSPS) is 15.0. The zero-order valence-corrected chi connectivity index (χ0v) is 16.3. The number of carbonyl (C=O) groups excluding carboxylic acids is 2. The molecule has 0 atom stereocenters. The largest absolute Gasteiger partial charge is 0.457 e. The highest BCUT2D eigenvalue weighted by atomic mass is 35.5. The molecule has 9 heteroatoms. The predicted molar refractivity (Wildman–Crippen MR) is 111 cm³/mol. The predicted octanol–water partition coefficient (Wildman–Crippen LogP) is 4.28. The van der Waals surface area contributed by atoms with E-state index in [0.29, 0.717) is 17.0 Å². The summed E-state index contributed by atoms with van der Waals surface area (Å²) in [5.74, 6) is -0.470. The lowest BCUT2D eigenvalue weighted by molar-refractivity contribution is -0.384. The second-order valence-electron chi connectivity index (χ2n) is 6.60. The van der Waals surface area contributed by atoms with E-state index in [2.05, 4.69) is 5.43 Å². The quantitative estimate of drug-likeness (QED) is 0.292. The van der Waals surface area contributed by atoms with E-state index in [9.17, 15) is 19.7 Å². The van der Waals surface area contributed by atoms with E-state index in [-0.39, 0.29) is 22.0 Å². The number of aryl methyl sites for hydroxylation is 1. The van der Waals surface area contributed by atoms with Crippen molar-refractivity contribution < 1.29 is 18.9 Å². The van der Waals surface area contributed by atoms with Crippen molar-refractivity contribution >= 4 is 40.9 Å². The highest BCUT2D eigenvalue weighted by molar-refractivity contribution is 6.33. The molecule has 0 saturated carbocycles. The Morgan fingerprint density at radius 3 is 2.67 bits per heavy atom. The van der Waals surface area contributed by atoms with Crippen molar-refractivity contribution in [3.8, 4) is 11.3 Å². The fourth-order valence-electron chi connectivity index (χ4n) is 3.04. The average Bonchev–Trinajstić information content (AvgIpc) is 3.28. The lowest BCUT2D eigenvalue weighted by Gasteiger charge is -2.14. The van der Waals surface area contributed by atoms with Crippen LogP contribution in [0.3, 0.4) is 0 Å². The SMILES string of the molecule is Cc1cccc(N2NC(=O)C(=Cc3ccc(-c4ccc(Cl)c([N+](=O)[O-])c4)o3)C2=O)c1. The van der Waals surface area contributed by atoms with Crippen LogP contribution < -0.4 is 10.4 Å². The Morgan fingerprint density at radius 2 is 1.93 bits per heavy atom. The van der Waals surface area contributed by atoms with Crippen molar-refractivity contribution in [3.05, 3.63) is 86.6 Å². The van der Waals surface area contributed by atoms with Crippen LogP contribution in [0.1, 0.15) is 11.3 Å². The molecule has 1 N–H and O–H groups in total. The standard InChI is InChI=1S/C21H14ClN3O5/c1-12-3-2-4-14(9-12)24-21(27)16(20(26)23-24)11-15-6-8-19(30-15)13-5-7-17(22)18(10-13)25(28)29/h2-11H,1H3,(H,23,26). The van der Waals surface area contributed by atoms with E-state index < -0.39 is 16.7 Å². The Morgan fingerprint density at radius 1 is 1.13 bits per heavy atom. The zero-order valence-electron chi connectivity index (χ0n) is 15.6. The third kappa shape index (κ3) is 3.56. The van der Waals surface area contributed by atoms with E-state index in [1.54, 1.807) is 36.4 Å². The van der Waals surface area contributed by atoms with Crippen LogP contribution in [0.4, 0.5) is 11.4 Å². The number of benzene rings is 2. The number of nitrogens with zero attached hydrogens (tertiary/aromatic N) is 2. The Balaban J connectivity index is 1.63. The molecule has 150 valence electrons. The molecule has 1 saturated heterocycles. The number of furan rings is 1. The van der Waals surface area contributed by atoms with Crippen molar-refractivity contribution in [1.82, 2.24) is 5.43 Å². The number of rotatable bonds is 4. The minimum Gasteiger partial charge on any atom is -0.457 e. The number of nitro benzene ring substituents is 1. The van der Waals surface area contributed by atoms with Gasteiger partial charge < -0.3 is 4.42 Å². The summed E-state index contributed by atoms with van der Waals surface area (Å²) >= 11 is 5.83. The van der Waals surface area contributed by atoms with Crippen LogP contribution >= 0.6 is 11.6 Å². The highest BCUT2D eigenvalue weighted by Crippen LogP contribution is 2.32. The molecule has 1 aliphatic heterocycles. The van der Waals surface area contributed by atoms with Crippen LogP contribution in [0.15, 0.2) is 64.6 Å². The van der Waals surface area contributed by atoms with E-state index in [1.165, 1.54) is 23.2 Å². The lowest BCUT2D eigenvalue weighted by atomic mass is 10.1. The first kappa shape index (κ1) is 19.4. The Labute approximate surface area is 175 Å². The Hall–Kier alpha value is -3.91. The van der Waals surface area contributed by atoms with Crippen molar-refractivity contribution in [3.63, 3.8) is 0 Å². The smallest absolute Gasteiger partial charge is 0.288 e. The van der Waals surface area contributed by atoms with Crippen LogP contribution in [0, 0.1) is 17.0 Å². The molecule has 30 heavy (non-hydrogen) atoms. The van der Waals surface area contributed by atoms with E-state index >= 15 is 0 Å². The maximum atomic E-state index is 12.7. The van der Waals surface area contributed by atoms with Crippen molar-refractivity contribution in [1.29, 1.82) is 0 Å². The second kappa shape index (κ2) is 7.49. The second-order valence-corrected chi connectivity index (χ2v) is 7.01. The van der Waals surface area contributed by atoms with E-state index in [1.807, 2.05) is 13.0 Å². The molecule has 0 unspecified atom stereocenters. The van der Waals surface area contributed by atoms with Gasteiger partial charge in [-0.3, -0.25) is 25.1 Å². The number of hydrazine groups is 1. The number of halogens is 1.